The number of pyridine rings is 1. The van der Waals surface area contributed by atoms with Crippen molar-refractivity contribution in [1.82, 2.24) is 14.9 Å². The van der Waals surface area contributed by atoms with Gasteiger partial charge in [0.25, 0.3) is 5.91 Å². The first-order valence-electron chi connectivity index (χ1n) is 14.8. The summed E-state index contributed by atoms with van der Waals surface area (Å²) in [6, 6.07) is 3.32. The number of nitrogens with zero attached hydrogens (tertiary/aromatic N) is 2. The van der Waals surface area contributed by atoms with E-state index in [0.29, 0.717) is 43.6 Å². The maximum Gasteiger partial charge on any atom is 0.573 e. The van der Waals surface area contributed by atoms with Gasteiger partial charge in [0, 0.05) is 47.6 Å². The molecular weight excluding hydrogens is 580 g/mol. The van der Waals surface area contributed by atoms with Gasteiger partial charge in [-0.05, 0) is 80.3 Å². The van der Waals surface area contributed by atoms with E-state index in [1.54, 1.807) is 4.90 Å². The van der Waals surface area contributed by atoms with E-state index in [1.165, 1.54) is 12.3 Å². The highest BCUT2D eigenvalue weighted by Gasteiger charge is 2.40. The number of aromatic amines is 1. The van der Waals surface area contributed by atoms with Crippen LogP contribution in [0, 0.1) is 5.82 Å². The first-order chi connectivity index (χ1) is 20.0. The van der Waals surface area contributed by atoms with E-state index in [1.807, 2.05) is 0 Å². The zero-order chi connectivity index (χ0) is 31.3. The van der Waals surface area contributed by atoms with Gasteiger partial charge in [-0.15, -0.1) is 13.2 Å². The molecule has 1 fully saturated rings. The lowest BCUT2D eigenvalue weighted by Gasteiger charge is -2.39. The Kier molecular flexibility index (Phi) is 8.32. The highest BCUT2D eigenvalue weighted by Crippen LogP contribution is 2.42. The van der Waals surface area contributed by atoms with Gasteiger partial charge >= 0.3 is 6.36 Å². The highest BCUT2D eigenvalue weighted by atomic mass is 28.4. The number of hydrogen-bond acceptors (Lipinski definition) is 5. The van der Waals surface area contributed by atoms with Crippen LogP contribution in [0.15, 0.2) is 24.4 Å². The summed E-state index contributed by atoms with van der Waals surface area (Å²) < 4.78 is 64.1. The van der Waals surface area contributed by atoms with E-state index in [0.717, 1.165) is 48.0 Å². The second-order valence-electron chi connectivity index (χ2n) is 13.3. The molecule has 0 bridgehead atoms. The molecular formula is C31H40F4N4O3Si. The van der Waals surface area contributed by atoms with Crippen LogP contribution >= 0.6 is 0 Å². The number of aryl methyl sites for hydroxylation is 1. The topological polar surface area (TPSA) is 93.5 Å². The number of nitrogens with two attached hydrogens (primary N) is 1. The van der Waals surface area contributed by atoms with Gasteiger partial charge < -0.3 is 24.8 Å². The number of anilines is 1. The molecule has 1 aliphatic carbocycles. The van der Waals surface area contributed by atoms with Gasteiger partial charge in [-0.3, -0.25) is 4.79 Å². The number of benzene rings is 1. The summed E-state index contributed by atoms with van der Waals surface area (Å²) >= 11 is 0. The fourth-order valence-electron chi connectivity index (χ4n) is 6.11. The highest BCUT2D eigenvalue weighted by molar-refractivity contribution is 6.74. The van der Waals surface area contributed by atoms with Gasteiger partial charge in [0.15, 0.2) is 8.32 Å². The Hall–Kier alpha value is -3.12. The molecule has 0 spiro atoms. The number of likely N-dealkylation sites (tertiary alicyclic amines) is 1. The van der Waals surface area contributed by atoms with Crippen molar-refractivity contribution < 1.29 is 31.5 Å². The Morgan fingerprint density at radius 1 is 1.14 bits per heavy atom. The minimum Gasteiger partial charge on any atom is -0.414 e. The molecule has 234 valence electrons. The van der Waals surface area contributed by atoms with Crippen molar-refractivity contribution in [3.8, 4) is 5.75 Å². The second kappa shape index (κ2) is 11.4. The third kappa shape index (κ3) is 6.54. The maximum atomic E-state index is 15.6. The maximum absolute atomic E-state index is 15.6. The molecule has 3 N–H and O–H groups in total. The summed E-state index contributed by atoms with van der Waals surface area (Å²) in [4.78, 5) is 22.7. The molecule has 2 aromatic heterocycles. The number of halogens is 4. The minimum atomic E-state index is -4.86. The summed E-state index contributed by atoms with van der Waals surface area (Å²) in [5, 5.41) is 0.922. The lowest BCUT2D eigenvalue weighted by Crippen LogP contribution is -2.44. The number of ether oxygens (including phenoxy) is 1. The van der Waals surface area contributed by atoms with Gasteiger partial charge in [-0.25, -0.2) is 9.37 Å². The first-order valence-corrected chi connectivity index (χ1v) is 17.7. The Bertz CT molecular complexity index is 1510. The number of aromatic nitrogens is 2. The Morgan fingerprint density at radius 3 is 2.47 bits per heavy atom. The SMILES string of the molecule is CC(C)(C)[Si](C)(C)OC1CCCc2[nH]c3ncc(F)c(C4CCN(C(=O)c5ccc(OC(F)(F)F)cc5N)CC4)c3c2C1. The normalized spacial score (nSPS) is 18.9. The molecule has 3 heterocycles. The van der Waals surface area contributed by atoms with Crippen molar-refractivity contribution >= 4 is 30.9 Å². The summed E-state index contributed by atoms with van der Waals surface area (Å²) in [5.74, 6) is -1.34. The molecule has 1 unspecified atom stereocenters. The predicted octanol–water partition coefficient (Wildman–Crippen LogP) is 7.47. The third-order valence-electron chi connectivity index (χ3n) is 9.34. The van der Waals surface area contributed by atoms with Crippen molar-refractivity contribution in [2.45, 2.75) is 95.8 Å². The predicted molar refractivity (Wildman–Crippen MR) is 160 cm³/mol. The van der Waals surface area contributed by atoms with E-state index < -0.39 is 20.4 Å². The number of carbonyl (C=O) groups is 1. The smallest absolute Gasteiger partial charge is 0.414 e. The molecule has 12 heteroatoms. The van der Waals surface area contributed by atoms with Crippen LogP contribution in [0.3, 0.4) is 0 Å². The van der Waals surface area contributed by atoms with E-state index in [4.69, 9.17) is 10.2 Å². The van der Waals surface area contributed by atoms with Crippen LogP contribution < -0.4 is 10.5 Å². The molecule has 1 amide bonds. The number of nitrogen functional groups attached to an aromatic ring is 1. The van der Waals surface area contributed by atoms with Crippen molar-refractivity contribution in [3.05, 3.63) is 52.6 Å². The van der Waals surface area contributed by atoms with Gasteiger partial charge in [-0.1, -0.05) is 20.8 Å². The molecule has 1 aliphatic heterocycles. The Balaban J connectivity index is 1.36. The van der Waals surface area contributed by atoms with Crippen LogP contribution in [-0.2, 0) is 17.3 Å². The lowest BCUT2D eigenvalue weighted by atomic mass is 9.86. The molecule has 1 atom stereocenters. The number of amides is 1. The largest absolute Gasteiger partial charge is 0.573 e. The fraction of sp³-hybridized carbons (Fsp3) is 0.548. The molecule has 5 rings (SSSR count). The zero-order valence-electron chi connectivity index (χ0n) is 25.3. The summed E-state index contributed by atoms with van der Waals surface area (Å²) in [7, 11) is -2.01. The van der Waals surface area contributed by atoms with E-state index in [-0.39, 0.29) is 40.0 Å². The first kappa shape index (κ1) is 31.3. The molecule has 7 nitrogen and oxygen atoms in total. The van der Waals surface area contributed by atoms with Gasteiger partial charge in [0.1, 0.15) is 17.2 Å². The Labute approximate surface area is 250 Å². The number of rotatable bonds is 5. The van der Waals surface area contributed by atoms with Gasteiger partial charge in [-0.2, -0.15) is 0 Å². The van der Waals surface area contributed by atoms with Crippen LogP contribution in [0.4, 0.5) is 23.2 Å². The van der Waals surface area contributed by atoms with Crippen LogP contribution in [0.25, 0.3) is 11.0 Å². The summed E-state index contributed by atoms with van der Waals surface area (Å²) in [5.41, 5.74) is 9.43. The number of H-pyrrole nitrogens is 1. The van der Waals surface area contributed by atoms with Crippen LogP contribution in [0.1, 0.15) is 79.6 Å². The van der Waals surface area contributed by atoms with E-state index in [9.17, 15) is 18.0 Å². The van der Waals surface area contributed by atoms with E-state index >= 15 is 4.39 Å². The lowest BCUT2D eigenvalue weighted by molar-refractivity contribution is -0.274. The van der Waals surface area contributed by atoms with Crippen LogP contribution in [-0.4, -0.2) is 54.6 Å². The average Bonchev–Trinajstić information content (AvgIpc) is 3.11. The fourth-order valence-corrected chi connectivity index (χ4v) is 7.50. The Morgan fingerprint density at radius 2 is 1.84 bits per heavy atom. The van der Waals surface area contributed by atoms with Crippen molar-refractivity contribution in [2.24, 2.45) is 0 Å². The average molecular weight is 621 g/mol. The molecule has 0 saturated carbocycles. The summed E-state index contributed by atoms with van der Waals surface area (Å²) in [6.45, 7) is 11.9. The number of alkyl halides is 3. The molecule has 3 aromatic rings. The zero-order valence-corrected chi connectivity index (χ0v) is 26.3. The number of nitrogens with one attached hydrogen (secondary N) is 1. The third-order valence-corrected chi connectivity index (χ3v) is 13.9. The van der Waals surface area contributed by atoms with Crippen molar-refractivity contribution in [2.75, 3.05) is 18.8 Å². The number of piperidine rings is 1. The number of fused-ring (bicyclic) bond motifs is 3. The van der Waals surface area contributed by atoms with Gasteiger partial charge in [0.05, 0.1) is 11.8 Å². The van der Waals surface area contributed by atoms with Gasteiger partial charge in [0.2, 0.25) is 0 Å². The molecule has 1 saturated heterocycles. The monoisotopic (exact) mass is 620 g/mol. The quantitative estimate of drug-likeness (QED) is 0.134. The van der Waals surface area contributed by atoms with Crippen LogP contribution in [0.5, 0.6) is 5.75 Å². The second-order valence-corrected chi connectivity index (χ2v) is 18.0. The standard InChI is InChI=1S/C31H40F4N4O3Si/c1-30(2,3)43(4,5)42-20-7-6-8-25-22(15-20)27-26(23(32)17-37-28(27)38-25)18-11-13-39(14-12-18)29(40)21-10-9-19(16-24(21)36)41-31(33,34)35/h9-10,16-18,20H,6-8,11-15,36H2,1-5H3,(H,37,38). The molecule has 2 aliphatic rings. The van der Waals surface area contributed by atoms with Crippen molar-refractivity contribution in [1.29, 1.82) is 0 Å². The molecule has 43 heavy (non-hydrogen) atoms. The number of carbonyl (C=O) groups excluding carboxylic acids is 1. The summed E-state index contributed by atoms with van der Waals surface area (Å²) in [6.07, 6.45) is 1.00. The molecule has 0 radical (unpaired) electrons. The molecule has 1 aromatic carbocycles. The van der Waals surface area contributed by atoms with Crippen LogP contribution in [0.2, 0.25) is 18.1 Å². The number of hydrogen-bond donors (Lipinski definition) is 2. The van der Waals surface area contributed by atoms with Crippen molar-refractivity contribution in [3.63, 3.8) is 0 Å². The minimum absolute atomic E-state index is 0.0510. The van der Waals surface area contributed by atoms with E-state index in [2.05, 4.69) is 48.6 Å².